The van der Waals surface area contributed by atoms with Gasteiger partial charge >= 0.3 is 0 Å². The van der Waals surface area contributed by atoms with Crippen molar-refractivity contribution < 1.29 is 9.59 Å². The van der Waals surface area contributed by atoms with Gasteiger partial charge in [0.15, 0.2) is 0 Å². The number of anilines is 3. The highest BCUT2D eigenvalue weighted by Crippen LogP contribution is 2.15. The number of nitrogens with one attached hydrogen (secondary N) is 3. The van der Waals surface area contributed by atoms with Crippen LogP contribution < -0.4 is 16.0 Å². The summed E-state index contributed by atoms with van der Waals surface area (Å²) in [6, 6.07) is 20.7. The van der Waals surface area contributed by atoms with Crippen LogP contribution in [0, 0.1) is 0 Å². The van der Waals surface area contributed by atoms with Gasteiger partial charge in [0.05, 0.1) is 11.9 Å². The monoisotopic (exact) mass is 374 g/mol. The van der Waals surface area contributed by atoms with Gasteiger partial charge in [0.2, 0.25) is 5.91 Å². The first kappa shape index (κ1) is 19.1. The Kier molecular flexibility index (Phi) is 6.36. The van der Waals surface area contributed by atoms with Crippen LogP contribution in [0.3, 0.4) is 0 Å². The molecule has 2 aromatic carbocycles. The minimum atomic E-state index is -0.289. The summed E-state index contributed by atoms with van der Waals surface area (Å²) in [5.74, 6) is -0.429. The number of nitrogens with zero attached hydrogens (tertiary/aromatic N) is 1. The van der Waals surface area contributed by atoms with Gasteiger partial charge in [-0.15, -0.1) is 0 Å². The molecule has 2 amide bonds. The lowest BCUT2D eigenvalue weighted by molar-refractivity contribution is -0.114. The Hall–Kier alpha value is -3.67. The van der Waals surface area contributed by atoms with Crippen LogP contribution in [0.4, 0.5) is 17.1 Å². The zero-order chi connectivity index (χ0) is 19.8. The number of rotatable bonds is 7. The molecule has 6 nitrogen and oxygen atoms in total. The molecule has 0 aliphatic heterocycles. The fourth-order valence-electron chi connectivity index (χ4n) is 2.66. The number of carbonyl (C=O) groups is 2. The summed E-state index contributed by atoms with van der Waals surface area (Å²) < 4.78 is 0. The second-order valence-corrected chi connectivity index (χ2v) is 6.31. The molecule has 0 aliphatic carbocycles. The van der Waals surface area contributed by atoms with Gasteiger partial charge in [0, 0.05) is 24.8 Å². The molecule has 6 heteroatoms. The molecule has 1 heterocycles. The molecule has 0 fully saturated rings. The fraction of sp³-hybridized carbons (Fsp3) is 0.136. The third kappa shape index (κ3) is 5.67. The average Bonchev–Trinajstić information content (AvgIpc) is 2.70. The number of carbonyl (C=O) groups excluding carboxylic acids is 2. The molecule has 3 N–H and O–H groups in total. The molecule has 3 aromatic rings. The molecule has 0 bridgehead atoms. The van der Waals surface area contributed by atoms with Gasteiger partial charge in [0.1, 0.15) is 5.69 Å². The smallest absolute Gasteiger partial charge is 0.274 e. The molecule has 0 radical (unpaired) electrons. The SMILES string of the molecule is CC(=O)Nc1ccc(NC(=O)c2ccc(NCCc3ccccc3)cn2)cc1. The van der Waals surface area contributed by atoms with Crippen LogP contribution in [-0.2, 0) is 11.2 Å². The predicted molar refractivity (Wildman–Crippen MR) is 112 cm³/mol. The summed E-state index contributed by atoms with van der Waals surface area (Å²) in [4.78, 5) is 27.6. The van der Waals surface area contributed by atoms with E-state index < -0.39 is 0 Å². The minimum absolute atomic E-state index is 0.140. The first-order chi connectivity index (χ1) is 13.6. The van der Waals surface area contributed by atoms with Crippen LogP contribution in [0.2, 0.25) is 0 Å². The number of amides is 2. The van der Waals surface area contributed by atoms with Crippen LogP contribution >= 0.6 is 0 Å². The van der Waals surface area contributed by atoms with Gasteiger partial charge in [-0.25, -0.2) is 4.98 Å². The molecule has 0 saturated carbocycles. The van der Waals surface area contributed by atoms with E-state index in [0.717, 1.165) is 18.7 Å². The van der Waals surface area contributed by atoms with Crippen molar-refractivity contribution in [2.75, 3.05) is 22.5 Å². The van der Waals surface area contributed by atoms with Crippen molar-refractivity contribution in [2.45, 2.75) is 13.3 Å². The third-order valence-electron chi connectivity index (χ3n) is 4.04. The van der Waals surface area contributed by atoms with E-state index >= 15 is 0 Å². The van der Waals surface area contributed by atoms with Crippen molar-refractivity contribution in [1.82, 2.24) is 4.98 Å². The molecule has 0 atom stereocenters. The van der Waals surface area contributed by atoms with E-state index in [2.05, 4.69) is 33.1 Å². The van der Waals surface area contributed by atoms with Crippen molar-refractivity contribution in [3.05, 3.63) is 84.2 Å². The Balaban J connectivity index is 1.51. The van der Waals surface area contributed by atoms with Crippen LogP contribution in [0.1, 0.15) is 23.0 Å². The summed E-state index contributed by atoms with van der Waals surface area (Å²) in [7, 11) is 0. The Morgan fingerprint density at radius 2 is 1.46 bits per heavy atom. The van der Waals surface area contributed by atoms with Gasteiger partial charge in [-0.05, 0) is 48.4 Å². The number of hydrogen-bond acceptors (Lipinski definition) is 4. The summed E-state index contributed by atoms with van der Waals surface area (Å²) in [5, 5.41) is 8.77. The van der Waals surface area contributed by atoms with E-state index in [1.165, 1.54) is 12.5 Å². The van der Waals surface area contributed by atoms with Crippen molar-refractivity contribution in [3.8, 4) is 0 Å². The first-order valence-electron chi connectivity index (χ1n) is 9.03. The number of hydrogen-bond donors (Lipinski definition) is 3. The molecule has 0 saturated heterocycles. The predicted octanol–water partition coefficient (Wildman–Crippen LogP) is 3.95. The van der Waals surface area contributed by atoms with Gasteiger partial charge < -0.3 is 16.0 Å². The highest BCUT2D eigenvalue weighted by Gasteiger charge is 2.08. The topological polar surface area (TPSA) is 83.1 Å². The number of pyridine rings is 1. The molecule has 3 rings (SSSR count). The molecule has 0 aliphatic rings. The standard InChI is InChI=1S/C22H22N4O2/c1-16(27)25-18-7-9-19(10-8-18)26-22(28)21-12-11-20(15-24-21)23-14-13-17-5-3-2-4-6-17/h2-12,15,23H,13-14H2,1H3,(H,25,27)(H,26,28). The lowest BCUT2D eigenvalue weighted by Gasteiger charge is -2.08. The van der Waals surface area contributed by atoms with Crippen LogP contribution in [0.5, 0.6) is 0 Å². The zero-order valence-electron chi connectivity index (χ0n) is 15.6. The van der Waals surface area contributed by atoms with Crippen LogP contribution in [0.25, 0.3) is 0 Å². The number of aromatic nitrogens is 1. The van der Waals surface area contributed by atoms with Crippen molar-refractivity contribution in [3.63, 3.8) is 0 Å². The minimum Gasteiger partial charge on any atom is -0.383 e. The molecule has 142 valence electrons. The molecule has 28 heavy (non-hydrogen) atoms. The van der Waals surface area contributed by atoms with E-state index in [9.17, 15) is 9.59 Å². The Morgan fingerprint density at radius 3 is 2.07 bits per heavy atom. The van der Waals surface area contributed by atoms with Gasteiger partial charge in [0.25, 0.3) is 5.91 Å². The fourth-order valence-corrected chi connectivity index (χ4v) is 2.66. The van der Waals surface area contributed by atoms with Gasteiger partial charge in [-0.1, -0.05) is 30.3 Å². The van der Waals surface area contributed by atoms with E-state index in [4.69, 9.17) is 0 Å². The maximum absolute atomic E-state index is 12.3. The van der Waals surface area contributed by atoms with Crippen LogP contribution in [-0.4, -0.2) is 23.3 Å². The highest BCUT2D eigenvalue weighted by molar-refractivity contribution is 6.03. The van der Waals surface area contributed by atoms with Crippen molar-refractivity contribution in [2.24, 2.45) is 0 Å². The second-order valence-electron chi connectivity index (χ2n) is 6.31. The van der Waals surface area contributed by atoms with Crippen molar-refractivity contribution in [1.29, 1.82) is 0 Å². The van der Waals surface area contributed by atoms with E-state index in [-0.39, 0.29) is 11.8 Å². The van der Waals surface area contributed by atoms with Crippen LogP contribution in [0.15, 0.2) is 72.9 Å². The van der Waals surface area contributed by atoms with Gasteiger partial charge in [-0.3, -0.25) is 9.59 Å². The quantitative estimate of drug-likeness (QED) is 0.585. The van der Waals surface area contributed by atoms with E-state index in [1.807, 2.05) is 24.3 Å². The summed E-state index contributed by atoms with van der Waals surface area (Å²) in [5.41, 5.74) is 3.77. The Labute approximate surface area is 164 Å². The summed E-state index contributed by atoms with van der Waals surface area (Å²) in [6.45, 7) is 2.24. The third-order valence-corrected chi connectivity index (χ3v) is 4.04. The average molecular weight is 374 g/mol. The zero-order valence-corrected chi connectivity index (χ0v) is 15.6. The summed E-state index contributed by atoms with van der Waals surface area (Å²) in [6.07, 6.45) is 2.57. The first-order valence-corrected chi connectivity index (χ1v) is 9.03. The molecular formula is C22H22N4O2. The van der Waals surface area contributed by atoms with E-state index in [1.54, 1.807) is 36.5 Å². The summed E-state index contributed by atoms with van der Waals surface area (Å²) >= 11 is 0. The molecule has 0 spiro atoms. The molecular weight excluding hydrogens is 352 g/mol. The normalized spacial score (nSPS) is 10.2. The Bertz CT molecular complexity index is 923. The largest absolute Gasteiger partial charge is 0.383 e. The Morgan fingerprint density at radius 1 is 0.821 bits per heavy atom. The van der Waals surface area contributed by atoms with Gasteiger partial charge in [-0.2, -0.15) is 0 Å². The lowest BCUT2D eigenvalue weighted by Crippen LogP contribution is -2.14. The number of benzene rings is 2. The van der Waals surface area contributed by atoms with Crippen molar-refractivity contribution >= 4 is 28.9 Å². The van der Waals surface area contributed by atoms with E-state index in [0.29, 0.717) is 17.1 Å². The maximum Gasteiger partial charge on any atom is 0.274 e. The second kappa shape index (κ2) is 9.32. The molecule has 1 aromatic heterocycles. The molecule has 0 unspecified atom stereocenters. The highest BCUT2D eigenvalue weighted by atomic mass is 16.2. The maximum atomic E-state index is 12.3. The lowest BCUT2D eigenvalue weighted by atomic mass is 10.1.